The monoisotopic (exact) mass is 344 g/mol. The number of ether oxygens (including phenoxy) is 2. The van der Waals surface area contributed by atoms with Gasteiger partial charge in [-0.15, -0.1) is 0 Å². The molecule has 3 rings (SSSR count). The third-order valence-electron chi connectivity index (χ3n) is 3.94. The molecule has 3 aromatic rings. The van der Waals surface area contributed by atoms with Gasteiger partial charge in [0.1, 0.15) is 18.1 Å². The number of allylic oxidation sites excluding steroid dienone is 1. The van der Waals surface area contributed by atoms with Crippen molar-refractivity contribution in [3.05, 3.63) is 102 Å². The van der Waals surface area contributed by atoms with Crippen molar-refractivity contribution in [2.45, 2.75) is 6.61 Å². The van der Waals surface area contributed by atoms with E-state index in [1.54, 1.807) is 43.5 Å². The number of hydrogen-bond acceptors (Lipinski definition) is 3. The Bertz CT molecular complexity index is 881. The van der Waals surface area contributed by atoms with E-state index in [1.165, 1.54) is 0 Å². The molecule has 0 aromatic heterocycles. The second kappa shape index (κ2) is 8.67. The Morgan fingerprint density at radius 2 is 1.58 bits per heavy atom. The zero-order valence-electron chi connectivity index (χ0n) is 14.6. The van der Waals surface area contributed by atoms with Gasteiger partial charge in [-0.2, -0.15) is 0 Å². The maximum atomic E-state index is 12.3. The number of methoxy groups -OCH3 is 1. The van der Waals surface area contributed by atoms with E-state index in [9.17, 15) is 4.79 Å². The first-order valence-electron chi connectivity index (χ1n) is 8.38. The van der Waals surface area contributed by atoms with Crippen LogP contribution in [0, 0.1) is 0 Å². The third-order valence-corrected chi connectivity index (χ3v) is 3.94. The largest absolute Gasteiger partial charge is 0.497 e. The third kappa shape index (κ3) is 4.61. The number of para-hydroxylation sites is 1. The lowest BCUT2D eigenvalue weighted by molar-refractivity contribution is 0.104. The molecule has 0 aliphatic carbocycles. The van der Waals surface area contributed by atoms with Gasteiger partial charge in [-0.3, -0.25) is 4.79 Å². The van der Waals surface area contributed by atoms with Crippen LogP contribution in [0.2, 0.25) is 0 Å². The van der Waals surface area contributed by atoms with Gasteiger partial charge >= 0.3 is 0 Å². The van der Waals surface area contributed by atoms with Crippen molar-refractivity contribution in [2.24, 2.45) is 0 Å². The summed E-state index contributed by atoms with van der Waals surface area (Å²) in [6.45, 7) is 0.484. The molecule has 3 aromatic carbocycles. The second-order valence-electron chi connectivity index (χ2n) is 5.74. The van der Waals surface area contributed by atoms with E-state index in [-0.39, 0.29) is 5.78 Å². The van der Waals surface area contributed by atoms with Gasteiger partial charge in [-0.05, 0) is 48.0 Å². The predicted octanol–water partition coefficient (Wildman–Crippen LogP) is 5.17. The van der Waals surface area contributed by atoms with E-state index < -0.39 is 0 Å². The van der Waals surface area contributed by atoms with Crippen LogP contribution in [0.25, 0.3) is 6.08 Å². The first kappa shape index (κ1) is 17.5. The number of ketones is 1. The number of carbonyl (C=O) groups is 1. The Labute approximate surface area is 153 Å². The fourth-order valence-electron chi connectivity index (χ4n) is 2.50. The summed E-state index contributed by atoms with van der Waals surface area (Å²) in [5.41, 5.74) is 2.58. The molecule has 0 heterocycles. The Hall–Kier alpha value is -3.33. The minimum Gasteiger partial charge on any atom is -0.497 e. The predicted molar refractivity (Wildman–Crippen MR) is 104 cm³/mol. The SMILES string of the molecule is COc1ccc(C(=O)C=Cc2ccccc2OCc2ccccc2)cc1. The minimum absolute atomic E-state index is 0.0643. The van der Waals surface area contributed by atoms with Crippen molar-refractivity contribution in [2.75, 3.05) is 7.11 Å². The molecule has 0 unspecified atom stereocenters. The summed E-state index contributed by atoms with van der Waals surface area (Å²) < 4.78 is 11.0. The van der Waals surface area contributed by atoms with E-state index in [4.69, 9.17) is 9.47 Å². The molecule has 0 saturated heterocycles. The zero-order valence-corrected chi connectivity index (χ0v) is 14.6. The van der Waals surface area contributed by atoms with Gasteiger partial charge in [-0.25, -0.2) is 0 Å². The van der Waals surface area contributed by atoms with E-state index in [2.05, 4.69) is 0 Å². The van der Waals surface area contributed by atoms with Crippen LogP contribution in [0.3, 0.4) is 0 Å². The lowest BCUT2D eigenvalue weighted by atomic mass is 10.1. The molecule has 0 N–H and O–H groups in total. The fourth-order valence-corrected chi connectivity index (χ4v) is 2.50. The van der Waals surface area contributed by atoms with Gasteiger partial charge in [0.25, 0.3) is 0 Å². The summed E-state index contributed by atoms with van der Waals surface area (Å²) in [7, 11) is 1.60. The van der Waals surface area contributed by atoms with Crippen LogP contribution in [-0.4, -0.2) is 12.9 Å². The van der Waals surface area contributed by atoms with Gasteiger partial charge in [-0.1, -0.05) is 48.5 Å². The highest BCUT2D eigenvalue weighted by Gasteiger charge is 2.04. The molecule has 26 heavy (non-hydrogen) atoms. The quantitative estimate of drug-likeness (QED) is 0.438. The minimum atomic E-state index is -0.0643. The summed E-state index contributed by atoms with van der Waals surface area (Å²) in [5.74, 6) is 1.41. The number of rotatable bonds is 7. The maximum absolute atomic E-state index is 12.3. The van der Waals surface area contributed by atoms with Crippen LogP contribution in [0.1, 0.15) is 21.5 Å². The first-order chi connectivity index (χ1) is 12.8. The lowest BCUT2D eigenvalue weighted by Gasteiger charge is -2.09. The maximum Gasteiger partial charge on any atom is 0.185 e. The summed E-state index contributed by atoms with van der Waals surface area (Å²) >= 11 is 0. The van der Waals surface area contributed by atoms with Gasteiger partial charge in [0.15, 0.2) is 5.78 Å². The molecule has 0 aliphatic rings. The molecule has 0 atom stereocenters. The van der Waals surface area contributed by atoms with Gasteiger partial charge in [0, 0.05) is 11.1 Å². The van der Waals surface area contributed by atoms with Crippen molar-refractivity contribution in [1.82, 2.24) is 0 Å². The summed E-state index contributed by atoms with van der Waals surface area (Å²) in [4.78, 5) is 12.3. The molecule has 3 heteroatoms. The van der Waals surface area contributed by atoms with E-state index in [1.807, 2.05) is 54.6 Å². The van der Waals surface area contributed by atoms with Crippen molar-refractivity contribution in [3.63, 3.8) is 0 Å². The van der Waals surface area contributed by atoms with Crippen LogP contribution < -0.4 is 9.47 Å². The second-order valence-corrected chi connectivity index (χ2v) is 5.74. The lowest BCUT2D eigenvalue weighted by Crippen LogP contribution is -1.97. The highest BCUT2D eigenvalue weighted by Crippen LogP contribution is 2.21. The number of carbonyl (C=O) groups excluding carboxylic acids is 1. The topological polar surface area (TPSA) is 35.5 Å². The molecule has 0 amide bonds. The van der Waals surface area contributed by atoms with Crippen molar-refractivity contribution in [3.8, 4) is 11.5 Å². The van der Waals surface area contributed by atoms with Crippen LogP contribution in [0.4, 0.5) is 0 Å². The summed E-state index contributed by atoms with van der Waals surface area (Å²) in [6.07, 6.45) is 3.35. The highest BCUT2D eigenvalue weighted by molar-refractivity contribution is 6.07. The van der Waals surface area contributed by atoms with Gasteiger partial charge < -0.3 is 9.47 Å². The van der Waals surface area contributed by atoms with Crippen LogP contribution >= 0.6 is 0 Å². The zero-order chi connectivity index (χ0) is 18.2. The average Bonchev–Trinajstić information content (AvgIpc) is 2.72. The molecule has 0 spiro atoms. The Balaban J connectivity index is 1.70. The Kier molecular flexibility index (Phi) is 5.84. The smallest absolute Gasteiger partial charge is 0.185 e. The molecular formula is C23H20O3. The molecule has 0 radical (unpaired) electrons. The van der Waals surface area contributed by atoms with E-state index in [0.29, 0.717) is 12.2 Å². The average molecular weight is 344 g/mol. The van der Waals surface area contributed by atoms with E-state index in [0.717, 1.165) is 22.6 Å². The molecule has 0 saturated carbocycles. The van der Waals surface area contributed by atoms with Gasteiger partial charge in [0.05, 0.1) is 7.11 Å². The molecule has 0 bridgehead atoms. The number of hydrogen-bond donors (Lipinski definition) is 0. The molecule has 130 valence electrons. The fraction of sp³-hybridized carbons (Fsp3) is 0.0870. The van der Waals surface area contributed by atoms with Crippen molar-refractivity contribution in [1.29, 1.82) is 0 Å². The summed E-state index contributed by atoms with van der Waals surface area (Å²) in [6, 6.07) is 24.7. The van der Waals surface area contributed by atoms with Crippen LogP contribution in [0.5, 0.6) is 11.5 Å². The normalized spacial score (nSPS) is 10.7. The Morgan fingerprint density at radius 1 is 0.885 bits per heavy atom. The molecular weight excluding hydrogens is 324 g/mol. The van der Waals surface area contributed by atoms with Crippen LogP contribution in [-0.2, 0) is 6.61 Å². The van der Waals surface area contributed by atoms with Gasteiger partial charge in [0.2, 0.25) is 0 Å². The Morgan fingerprint density at radius 3 is 2.31 bits per heavy atom. The van der Waals surface area contributed by atoms with Crippen LogP contribution in [0.15, 0.2) is 84.9 Å². The first-order valence-corrected chi connectivity index (χ1v) is 8.38. The standard InChI is InChI=1S/C23H20O3/c1-25-21-14-11-19(12-15-21)22(24)16-13-20-9-5-6-10-23(20)26-17-18-7-3-2-4-8-18/h2-16H,17H2,1H3. The molecule has 0 aliphatic heterocycles. The molecule has 0 fully saturated rings. The number of benzene rings is 3. The van der Waals surface area contributed by atoms with E-state index >= 15 is 0 Å². The molecule has 3 nitrogen and oxygen atoms in total. The van der Waals surface area contributed by atoms with Crippen molar-refractivity contribution < 1.29 is 14.3 Å². The summed E-state index contributed by atoms with van der Waals surface area (Å²) in [5, 5.41) is 0. The van der Waals surface area contributed by atoms with Crippen molar-refractivity contribution >= 4 is 11.9 Å². The highest BCUT2D eigenvalue weighted by atomic mass is 16.5.